The molecule has 0 aromatic carbocycles. The van der Waals surface area contributed by atoms with Crippen molar-refractivity contribution in [3.8, 4) is 0 Å². The molecule has 0 bridgehead atoms. The third kappa shape index (κ3) is 2.46. The molecule has 2 aromatic rings. The number of aromatic nitrogens is 3. The summed E-state index contributed by atoms with van der Waals surface area (Å²) in [5, 5.41) is 4.22. The molecule has 0 aliphatic carbocycles. The van der Waals surface area contributed by atoms with Crippen molar-refractivity contribution in [2.45, 2.75) is 25.9 Å². The minimum absolute atomic E-state index is 0.00972. The quantitative estimate of drug-likeness (QED) is 0.843. The molecule has 2 heterocycles. The second-order valence-corrected chi connectivity index (χ2v) is 3.80. The van der Waals surface area contributed by atoms with E-state index in [4.69, 9.17) is 5.73 Å². The summed E-state index contributed by atoms with van der Waals surface area (Å²) in [4.78, 5) is 4.08. The van der Waals surface area contributed by atoms with Crippen molar-refractivity contribution in [3.63, 3.8) is 0 Å². The van der Waals surface area contributed by atoms with E-state index in [1.54, 1.807) is 6.20 Å². The Hall–Kier alpha value is -1.68. The van der Waals surface area contributed by atoms with Crippen LogP contribution in [0.25, 0.3) is 0 Å². The van der Waals surface area contributed by atoms with Gasteiger partial charge >= 0.3 is 0 Å². The summed E-state index contributed by atoms with van der Waals surface area (Å²) >= 11 is 0. The SMILES string of the molecule is CCn1cc(C(N)Cc2cccnc2)cn1. The molecule has 0 spiro atoms. The van der Waals surface area contributed by atoms with Crippen LogP contribution in [-0.2, 0) is 13.0 Å². The molecule has 4 nitrogen and oxygen atoms in total. The van der Waals surface area contributed by atoms with E-state index < -0.39 is 0 Å². The Kier molecular flexibility index (Phi) is 3.31. The molecular formula is C12H16N4. The maximum atomic E-state index is 6.11. The summed E-state index contributed by atoms with van der Waals surface area (Å²) in [5.74, 6) is 0. The molecule has 0 aliphatic heterocycles. The highest BCUT2D eigenvalue weighted by Crippen LogP contribution is 2.14. The molecule has 0 radical (unpaired) electrons. The van der Waals surface area contributed by atoms with Crippen LogP contribution in [0.2, 0.25) is 0 Å². The van der Waals surface area contributed by atoms with Crippen molar-refractivity contribution >= 4 is 0 Å². The first kappa shape index (κ1) is 10.8. The number of hydrogen-bond donors (Lipinski definition) is 1. The van der Waals surface area contributed by atoms with Gasteiger partial charge in [-0.2, -0.15) is 5.10 Å². The van der Waals surface area contributed by atoms with Crippen LogP contribution in [0.4, 0.5) is 0 Å². The molecule has 4 heteroatoms. The summed E-state index contributed by atoms with van der Waals surface area (Å²) in [6.07, 6.45) is 8.25. The fourth-order valence-corrected chi connectivity index (χ4v) is 1.63. The van der Waals surface area contributed by atoms with Crippen molar-refractivity contribution in [3.05, 3.63) is 48.0 Å². The standard InChI is InChI=1S/C12H16N4/c1-2-16-9-11(8-15-16)12(13)6-10-4-3-5-14-7-10/h3-5,7-9,12H,2,6,13H2,1H3. The van der Waals surface area contributed by atoms with Crippen molar-refractivity contribution in [1.82, 2.24) is 14.8 Å². The van der Waals surface area contributed by atoms with Crippen LogP contribution in [0.15, 0.2) is 36.9 Å². The summed E-state index contributed by atoms with van der Waals surface area (Å²) in [7, 11) is 0. The van der Waals surface area contributed by atoms with Gasteiger partial charge in [-0.15, -0.1) is 0 Å². The van der Waals surface area contributed by atoms with Crippen LogP contribution in [0.5, 0.6) is 0 Å². The summed E-state index contributed by atoms with van der Waals surface area (Å²) in [5.41, 5.74) is 8.34. The van der Waals surface area contributed by atoms with Crippen molar-refractivity contribution in [2.75, 3.05) is 0 Å². The van der Waals surface area contributed by atoms with Crippen LogP contribution < -0.4 is 5.73 Å². The van der Waals surface area contributed by atoms with E-state index in [0.717, 1.165) is 24.1 Å². The van der Waals surface area contributed by atoms with Gasteiger partial charge in [-0.1, -0.05) is 6.07 Å². The van der Waals surface area contributed by atoms with Gasteiger partial charge in [-0.25, -0.2) is 0 Å². The zero-order valence-corrected chi connectivity index (χ0v) is 9.37. The smallest absolute Gasteiger partial charge is 0.0537 e. The molecule has 0 saturated carbocycles. The lowest BCUT2D eigenvalue weighted by molar-refractivity contribution is 0.655. The van der Waals surface area contributed by atoms with Gasteiger partial charge in [-0.3, -0.25) is 9.67 Å². The monoisotopic (exact) mass is 216 g/mol. The second kappa shape index (κ2) is 4.90. The minimum Gasteiger partial charge on any atom is -0.324 e. The summed E-state index contributed by atoms with van der Waals surface area (Å²) in [6.45, 7) is 2.93. The van der Waals surface area contributed by atoms with Crippen LogP contribution in [0, 0.1) is 0 Å². The molecule has 1 atom stereocenters. The van der Waals surface area contributed by atoms with Crippen molar-refractivity contribution in [1.29, 1.82) is 0 Å². The highest BCUT2D eigenvalue weighted by atomic mass is 15.3. The summed E-state index contributed by atoms with van der Waals surface area (Å²) < 4.78 is 1.89. The number of nitrogens with zero attached hydrogens (tertiary/aromatic N) is 3. The van der Waals surface area contributed by atoms with Crippen LogP contribution in [0.1, 0.15) is 24.1 Å². The van der Waals surface area contributed by atoms with Gasteiger partial charge in [0.15, 0.2) is 0 Å². The number of nitrogens with two attached hydrogens (primary N) is 1. The lowest BCUT2D eigenvalue weighted by Gasteiger charge is -2.08. The highest BCUT2D eigenvalue weighted by Gasteiger charge is 2.09. The third-order valence-corrected chi connectivity index (χ3v) is 2.58. The van der Waals surface area contributed by atoms with Gasteiger partial charge in [0.2, 0.25) is 0 Å². The largest absolute Gasteiger partial charge is 0.324 e. The van der Waals surface area contributed by atoms with Crippen LogP contribution in [0.3, 0.4) is 0 Å². The van der Waals surface area contributed by atoms with E-state index >= 15 is 0 Å². The Morgan fingerprint density at radius 3 is 2.94 bits per heavy atom. The Balaban J connectivity index is 2.05. The van der Waals surface area contributed by atoms with Gasteiger partial charge in [0, 0.05) is 36.7 Å². The Morgan fingerprint density at radius 1 is 1.44 bits per heavy atom. The lowest BCUT2D eigenvalue weighted by Crippen LogP contribution is -2.12. The van der Waals surface area contributed by atoms with E-state index in [2.05, 4.69) is 17.0 Å². The minimum atomic E-state index is -0.00972. The normalized spacial score (nSPS) is 12.6. The Morgan fingerprint density at radius 2 is 2.31 bits per heavy atom. The predicted molar refractivity (Wildman–Crippen MR) is 62.8 cm³/mol. The lowest BCUT2D eigenvalue weighted by atomic mass is 10.0. The zero-order valence-electron chi connectivity index (χ0n) is 9.37. The number of aryl methyl sites for hydroxylation is 1. The van der Waals surface area contributed by atoms with Crippen LogP contribution >= 0.6 is 0 Å². The Bertz CT molecular complexity index is 435. The predicted octanol–water partition coefficient (Wildman–Crippen LogP) is 1.54. The van der Waals surface area contributed by atoms with Crippen molar-refractivity contribution in [2.24, 2.45) is 5.73 Å². The maximum Gasteiger partial charge on any atom is 0.0537 e. The fraction of sp³-hybridized carbons (Fsp3) is 0.333. The zero-order chi connectivity index (χ0) is 11.4. The summed E-state index contributed by atoms with van der Waals surface area (Å²) in [6, 6.07) is 3.96. The molecular weight excluding hydrogens is 200 g/mol. The van der Waals surface area contributed by atoms with Crippen molar-refractivity contribution < 1.29 is 0 Å². The number of pyridine rings is 1. The Labute approximate surface area is 95.1 Å². The van der Waals surface area contributed by atoms with Gasteiger partial charge in [0.05, 0.1) is 6.20 Å². The molecule has 0 amide bonds. The highest BCUT2D eigenvalue weighted by molar-refractivity contribution is 5.16. The first-order chi connectivity index (χ1) is 7.79. The first-order valence-corrected chi connectivity index (χ1v) is 5.46. The van der Waals surface area contributed by atoms with E-state index in [-0.39, 0.29) is 6.04 Å². The van der Waals surface area contributed by atoms with Crippen LogP contribution in [-0.4, -0.2) is 14.8 Å². The number of hydrogen-bond acceptors (Lipinski definition) is 3. The van der Waals surface area contributed by atoms with Gasteiger partial charge in [-0.05, 0) is 25.0 Å². The topological polar surface area (TPSA) is 56.7 Å². The maximum absolute atomic E-state index is 6.11. The molecule has 2 N–H and O–H groups in total. The van der Waals surface area contributed by atoms with E-state index in [1.165, 1.54) is 0 Å². The molecule has 16 heavy (non-hydrogen) atoms. The van der Waals surface area contributed by atoms with Gasteiger partial charge < -0.3 is 5.73 Å². The molecule has 0 fully saturated rings. The molecule has 2 rings (SSSR count). The van der Waals surface area contributed by atoms with E-state index in [9.17, 15) is 0 Å². The second-order valence-electron chi connectivity index (χ2n) is 3.80. The number of rotatable bonds is 4. The first-order valence-electron chi connectivity index (χ1n) is 5.46. The average molecular weight is 216 g/mol. The third-order valence-electron chi connectivity index (χ3n) is 2.58. The fourth-order valence-electron chi connectivity index (χ4n) is 1.63. The van der Waals surface area contributed by atoms with Gasteiger partial charge in [0.25, 0.3) is 0 Å². The van der Waals surface area contributed by atoms with E-state index in [0.29, 0.717) is 0 Å². The van der Waals surface area contributed by atoms with E-state index in [1.807, 2.05) is 35.4 Å². The van der Waals surface area contributed by atoms with Gasteiger partial charge in [0.1, 0.15) is 0 Å². The molecule has 84 valence electrons. The molecule has 2 aromatic heterocycles. The molecule has 1 unspecified atom stereocenters. The molecule has 0 saturated heterocycles. The average Bonchev–Trinajstić information content (AvgIpc) is 2.79. The molecule has 0 aliphatic rings.